The van der Waals surface area contributed by atoms with Crippen molar-refractivity contribution < 1.29 is 17.9 Å². The maximum atomic E-state index is 12.9. The second-order valence-electron chi connectivity index (χ2n) is 6.58. The summed E-state index contributed by atoms with van der Waals surface area (Å²) in [5.74, 6) is -0.118. The van der Waals surface area contributed by atoms with Crippen molar-refractivity contribution in [3.05, 3.63) is 65.2 Å². The highest BCUT2D eigenvalue weighted by Crippen LogP contribution is 2.35. The summed E-state index contributed by atoms with van der Waals surface area (Å²) in [5.41, 5.74) is 2.94. The molecular weight excluding hydrogens is 364 g/mol. The molecule has 27 heavy (non-hydrogen) atoms. The Morgan fingerprint density at radius 2 is 1.89 bits per heavy atom. The Kier molecular flexibility index (Phi) is 5.94. The summed E-state index contributed by atoms with van der Waals surface area (Å²) < 4.78 is 31.7. The molecule has 0 bridgehead atoms. The van der Waals surface area contributed by atoms with Crippen LogP contribution < -0.4 is 4.72 Å². The van der Waals surface area contributed by atoms with Gasteiger partial charge in [0.05, 0.1) is 17.5 Å². The van der Waals surface area contributed by atoms with Crippen molar-refractivity contribution in [2.45, 2.75) is 23.8 Å². The molecule has 0 aliphatic heterocycles. The van der Waals surface area contributed by atoms with Gasteiger partial charge < -0.3 is 9.64 Å². The fourth-order valence-electron chi connectivity index (χ4n) is 3.42. The number of aryl methyl sites for hydroxylation is 1. The summed E-state index contributed by atoms with van der Waals surface area (Å²) in [6.45, 7) is 0.493. The number of carbonyl (C=O) groups excluding carboxylic acids is 1. The van der Waals surface area contributed by atoms with Crippen LogP contribution in [0.5, 0.6) is 0 Å². The molecule has 0 radical (unpaired) electrons. The largest absolute Gasteiger partial charge is 0.383 e. The van der Waals surface area contributed by atoms with E-state index >= 15 is 0 Å². The van der Waals surface area contributed by atoms with Crippen LogP contribution in [-0.4, -0.2) is 46.5 Å². The number of benzene rings is 2. The Hall–Kier alpha value is -2.22. The van der Waals surface area contributed by atoms with Crippen molar-refractivity contribution in [1.82, 2.24) is 9.62 Å². The number of sulfonamides is 1. The van der Waals surface area contributed by atoms with E-state index in [-0.39, 0.29) is 23.4 Å². The smallest absolute Gasteiger partial charge is 0.254 e. The lowest BCUT2D eigenvalue weighted by Crippen LogP contribution is -2.30. The Balaban J connectivity index is 1.73. The van der Waals surface area contributed by atoms with E-state index in [1.807, 2.05) is 12.1 Å². The zero-order chi connectivity index (χ0) is 19.4. The van der Waals surface area contributed by atoms with E-state index in [1.54, 1.807) is 24.1 Å². The van der Waals surface area contributed by atoms with Gasteiger partial charge in [0.15, 0.2) is 0 Å². The third kappa shape index (κ3) is 4.21. The van der Waals surface area contributed by atoms with E-state index in [1.165, 1.54) is 30.4 Å². The molecule has 2 aromatic carbocycles. The molecule has 0 spiro atoms. The van der Waals surface area contributed by atoms with E-state index in [2.05, 4.69) is 16.9 Å². The Labute approximate surface area is 160 Å². The molecule has 0 fully saturated rings. The first-order valence-electron chi connectivity index (χ1n) is 8.87. The third-order valence-corrected chi connectivity index (χ3v) is 6.38. The number of rotatable bonds is 7. The van der Waals surface area contributed by atoms with Gasteiger partial charge in [0, 0.05) is 26.3 Å². The van der Waals surface area contributed by atoms with Crippen LogP contribution in [0.2, 0.25) is 0 Å². The van der Waals surface area contributed by atoms with Gasteiger partial charge in [-0.2, -0.15) is 0 Å². The maximum absolute atomic E-state index is 12.9. The lowest BCUT2D eigenvalue weighted by Gasteiger charge is -2.25. The molecule has 0 saturated carbocycles. The molecule has 1 aliphatic carbocycles. The number of nitrogens with zero attached hydrogens (tertiary/aromatic N) is 1. The average Bonchev–Trinajstić information content (AvgIpc) is 3.11. The zero-order valence-electron chi connectivity index (χ0n) is 15.5. The first kappa shape index (κ1) is 19.5. The van der Waals surface area contributed by atoms with Crippen LogP contribution in [0.25, 0.3) is 0 Å². The number of fused-ring (bicyclic) bond motifs is 1. The minimum atomic E-state index is -3.61. The van der Waals surface area contributed by atoms with Gasteiger partial charge in [-0.05, 0) is 48.2 Å². The Bertz CT molecular complexity index is 910. The van der Waals surface area contributed by atoms with Crippen LogP contribution in [0.4, 0.5) is 0 Å². The number of nitrogens with one attached hydrogen (secondary N) is 1. The molecule has 0 saturated heterocycles. The molecule has 0 aromatic heterocycles. The topological polar surface area (TPSA) is 75.7 Å². The van der Waals surface area contributed by atoms with Crippen molar-refractivity contribution in [2.75, 3.05) is 27.3 Å². The normalized spacial score (nSPS) is 16.1. The molecule has 6 nitrogen and oxygen atoms in total. The standard InChI is InChI=1S/C20H24N2O4S/c1-22(19-12-9-15-5-3-4-6-18(15)19)20(23)16-7-10-17(11-8-16)27(24,25)21-13-14-26-2/h3-8,10-11,19,21H,9,12-14H2,1-2H3/t19-/m1/s1. The molecule has 0 unspecified atom stereocenters. The summed E-state index contributed by atoms with van der Waals surface area (Å²) in [6.07, 6.45) is 1.86. The van der Waals surface area contributed by atoms with E-state index in [9.17, 15) is 13.2 Å². The fraction of sp³-hybridized carbons (Fsp3) is 0.350. The van der Waals surface area contributed by atoms with Crippen LogP contribution in [0, 0.1) is 0 Å². The van der Waals surface area contributed by atoms with Gasteiger partial charge in [-0.15, -0.1) is 0 Å². The second-order valence-corrected chi connectivity index (χ2v) is 8.35. The quantitative estimate of drug-likeness (QED) is 0.739. The predicted molar refractivity (Wildman–Crippen MR) is 103 cm³/mol. The van der Waals surface area contributed by atoms with Crippen molar-refractivity contribution in [1.29, 1.82) is 0 Å². The summed E-state index contributed by atoms with van der Waals surface area (Å²) in [4.78, 5) is 14.7. The first-order valence-corrected chi connectivity index (χ1v) is 10.4. The molecule has 0 heterocycles. The molecule has 144 valence electrons. The Morgan fingerprint density at radius 1 is 1.19 bits per heavy atom. The molecule has 1 amide bonds. The molecule has 7 heteroatoms. The van der Waals surface area contributed by atoms with Gasteiger partial charge in [0.1, 0.15) is 0 Å². The summed E-state index contributed by atoms with van der Waals surface area (Å²) >= 11 is 0. The lowest BCUT2D eigenvalue weighted by atomic mass is 10.1. The van der Waals surface area contributed by atoms with E-state index in [4.69, 9.17) is 4.74 Å². The van der Waals surface area contributed by atoms with E-state index < -0.39 is 10.0 Å². The molecule has 1 aliphatic rings. The predicted octanol–water partition coefficient (Wildman–Crippen LogP) is 2.37. The highest BCUT2D eigenvalue weighted by molar-refractivity contribution is 7.89. The lowest BCUT2D eigenvalue weighted by molar-refractivity contribution is 0.0730. The van der Waals surface area contributed by atoms with Gasteiger partial charge in [0.25, 0.3) is 5.91 Å². The third-order valence-electron chi connectivity index (χ3n) is 4.90. The molecule has 2 aromatic rings. The molecule has 1 atom stereocenters. The number of hydrogen-bond donors (Lipinski definition) is 1. The van der Waals surface area contributed by atoms with Crippen LogP contribution in [0.3, 0.4) is 0 Å². The summed E-state index contributed by atoms with van der Waals surface area (Å²) in [7, 11) is -0.300. The van der Waals surface area contributed by atoms with Gasteiger partial charge in [0.2, 0.25) is 10.0 Å². The minimum Gasteiger partial charge on any atom is -0.383 e. The average molecular weight is 388 g/mol. The molecule has 3 rings (SSSR count). The van der Waals surface area contributed by atoms with Crippen LogP contribution >= 0.6 is 0 Å². The fourth-order valence-corrected chi connectivity index (χ4v) is 4.43. The van der Waals surface area contributed by atoms with Crippen molar-refractivity contribution in [3.63, 3.8) is 0 Å². The van der Waals surface area contributed by atoms with Crippen LogP contribution in [-0.2, 0) is 21.2 Å². The number of carbonyl (C=O) groups is 1. The Morgan fingerprint density at radius 3 is 2.59 bits per heavy atom. The van der Waals surface area contributed by atoms with E-state index in [0.29, 0.717) is 12.2 Å². The van der Waals surface area contributed by atoms with Gasteiger partial charge in [-0.3, -0.25) is 4.79 Å². The molecule has 1 N–H and O–H groups in total. The summed E-state index contributed by atoms with van der Waals surface area (Å²) in [6, 6.07) is 14.3. The SMILES string of the molecule is COCCNS(=O)(=O)c1ccc(C(=O)N(C)[C@@H]2CCc3ccccc32)cc1. The maximum Gasteiger partial charge on any atom is 0.254 e. The zero-order valence-corrected chi connectivity index (χ0v) is 16.3. The first-order chi connectivity index (χ1) is 12.9. The highest BCUT2D eigenvalue weighted by atomic mass is 32.2. The minimum absolute atomic E-state index is 0.0489. The van der Waals surface area contributed by atoms with Gasteiger partial charge in [-0.1, -0.05) is 24.3 Å². The van der Waals surface area contributed by atoms with Crippen molar-refractivity contribution >= 4 is 15.9 Å². The van der Waals surface area contributed by atoms with Crippen molar-refractivity contribution in [2.24, 2.45) is 0 Å². The highest BCUT2D eigenvalue weighted by Gasteiger charge is 2.29. The van der Waals surface area contributed by atoms with Crippen LogP contribution in [0.15, 0.2) is 53.4 Å². The monoisotopic (exact) mass is 388 g/mol. The number of methoxy groups -OCH3 is 1. The van der Waals surface area contributed by atoms with Gasteiger partial charge >= 0.3 is 0 Å². The second kappa shape index (κ2) is 8.21. The van der Waals surface area contributed by atoms with Gasteiger partial charge in [-0.25, -0.2) is 13.1 Å². The van der Waals surface area contributed by atoms with Crippen molar-refractivity contribution in [3.8, 4) is 0 Å². The summed E-state index contributed by atoms with van der Waals surface area (Å²) in [5, 5.41) is 0. The van der Waals surface area contributed by atoms with Crippen LogP contribution in [0.1, 0.15) is 33.9 Å². The number of ether oxygens (including phenoxy) is 1. The molecular formula is C20H24N2O4S. The van der Waals surface area contributed by atoms with E-state index in [0.717, 1.165) is 12.8 Å². The number of amides is 1. The number of hydrogen-bond acceptors (Lipinski definition) is 4.